The first-order valence-electron chi connectivity index (χ1n) is 7.47. The summed E-state index contributed by atoms with van der Waals surface area (Å²) in [5.74, 6) is 0.483. The third-order valence-electron chi connectivity index (χ3n) is 3.18. The van der Waals surface area contributed by atoms with Gasteiger partial charge >= 0.3 is 0 Å². The molecular weight excluding hydrogens is 292 g/mol. The van der Waals surface area contributed by atoms with Crippen molar-refractivity contribution < 1.29 is 14.6 Å². The Morgan fingerprint density at radius 3 is 2.57 bits per heavy atom. The Balaban J connectivity index is 2.00. The van der Waals surface area contributed by atoms with Crippen molar-refractivity contribution in [3.63, 3.8) is 0 Å². The van der Waals surface area contributed by atoms with Crippen molar-refractivity contribution in [2.45, 2.75) is 20.3 Å². The summed E-state index contributed by atoms with van der Waals surface area (Å²) in [6.45, 7) is 4.55. The smallest absolute Gasteiger partial charge is 0.271 e. The van der Waals surface area contributed by atoms with Crippen LogP contribution in [0.4, 0.5) is 0 Å². The number of aromatic hydroxyl groups is 1. The summed E-state index contributed by atoms with van der Waals surface area (Å²) in [7, 11) is 0. The zero-order chi connectivity index (χ0) is 16.7. The van der Waals surface area contributed by atoms with Crippen LogP contribution in [0.15, 0.2) is 53.6 Å². The monoisotopic (exact) mass is 312 g/mol. The van der Waals surface area contributed by atoms with E-state index < -0.39 is 0 Å². The molecule has 0 aliphatic carbocycles. The number of phenols is 1. The summed E-state index contributed by atoms with van der Waals surface area (Å²) in [5.41, 5.74) is 4.41. The number of hydrazone groups is 1. The fraction of sp³-hybridized carbons (Fsp3) is 0.222. The molecule has 5 nitrogen and oxygen atoms in total. The maximum absolute atomic E-state index is 12.0. The molecule has 0 saturated heterocycles. The molecule has 120 valence electrons. The predicted molar refractivity (Wildman–Crippen MR) is 90.0 cm³/mol. The number of benzene rings is 2. The van der Waals surface area contributed by atoms with E-state index in [1.54, 1.807) is 12.1 Å². The van der Waals surface area contributed by atoms with Gasteiger partial charge in [-0.25, -0.2) is 5.43 Å². The van der Waals surface area contributed by atoms with E-state index in [-0.39, 0.29) is 11.7 Å². The van der Waals surface area contributed by atoms with E-state index in [0.29, 0.717) is 17.9 Å². The molecule has 0 aromatic heterocycles. The van der Waals surface area contributed by atoms with Crippen LogP contribution < -0.4 is 10.2 Å². The first-order valence-corrected chi connectivity index (χ1v) is 7.47. The van der Waals surface area contributed by atoms with Crippen LogP contribution in [0.25, 0.3) is 0 Å². The van der Waals surface area contributed by atoms with Gasteiger partial charge in [-0.1, -0.05) is 13.0 Å². The van der Waals surface area contributed by atoms with Gasteiger partial charge in [-0.2, -0.15) is 5.10 Å². The van der Waals surface area contributed by atoms with Crippen LogP contribution in [0.1, 0.15) is 36.2 Å². The molecule has 0 heterocycles. The summed E-state index contributed by atoms with van der Waals surface area (Å²) in [6.07, 6.45) is 0.962. The summed E-state index contributed by atoms with van der Waals surface area (Å²) in [6, 6.07) is 13.7. The Morgan fingerprint density at radius 2 is 1.91 bits per heavy atom. The molecule has 2 aromatic carbocycles. The normalized spacial score (nSPS) is 11.1. The highest BCUT2D eigenvalue weighted by atomic mass is 16.5. The van der Waals surface area contributed by atoms with Gasteiger partial charge in [0, 0.05) is 5.56 Å². The van der Waals surface area contributed by atoms with Gasteiger partial charge in [-0.05, 0) is 61.4 Å². The Morgan fingerprint density at radius 1 is 1.17 bits per heavy atom. The largest absolute Gasteiger partial charge is 0.508 e. The molecular formula is C18H20N2O3. The minimum Gasteiger partial charge on any atom is -0.508 e. The highest BCUT2D eigenvalue weighted by molar-refractivity contribution is 6.01. The number of ether oxygens (including phenoxy) is 1. The maximum atomic E-state index is 12.0. The van der Waals surface area contributed by atoms with Crippen LogP contribution in [0.3, 0.4) is 0 Å². The molecule has 0 fully saturated rings. The molecule has 0 radical (unpaired) electrons. The number of carbonyl (C=O) groups excluding carboxylic acids is 1. The zero-order valence-electron chi connectivity index (χ0n) is 13.2. The summed E-state index contributed by atoms with van der Waals surface area (Å²) in [4.78, 5) is 12.0. The molecule has 0 aliphatic heterocycles. The average Bonchev–Trinajstić information content (AvgIpc) is 2.58. The number of amides is 1. The number of hydrogen-bond acceptors (Lipinski definition) is 4. The van der Waals surface area contributed by atoms with Crippen molar-refractivity contribution in [3.8, 4) is 11.5 Å². The molecule has 0 bridgehead atoms. The molecule has 0 spiro atoms. The topological polar surface area (TPSA) is 70.9 Å². The van der Waals surface area contributed by atoms with Gasteiger partial charge in [0.25, 0.3) is 5.91 Å². The van der Waals surface area contributed by atoms with E-state index in [4.69, 9.17) is 4.74 Å². The van der Waals surface area contributed by atoms with Gasteiger partial charge < -0.3 is 9.84 Å². The third kappa shape index (κ3) is 4.85. The number of carbonyl (C=O) groups is 1. The second kappa shape index (κ2) is 7.98. The lowest BCUT2D eigenvalue weighted by atomic mass is 10.1. The van der Waals surface area contributed by atoms with E-state index in [1.165, 1.54) is 12.1 Å². The molecule has 0 saturated carbocycles. The predicted octanol–water partition coefficient (Wildman–Crippen LogP) is 3.34. The van der Waals surface area contributed by atoms with Crippen LogP contribution in [-0.2, 0) is 0 Å². The number of rotatable bonds is 6. The van der Waals surface area contributed by atoms with Gasteiger partial charge in [-0.3, -0.25) is 4.79 Å². The van der Waals surface area contributed by atoms with E-state index in [9.17, 15) is 9.90 Å². The SMILES string of the molecule is CCCOc1ccc(/C(C)=N\NC(=O)c2cccc(O)c2)cc1. The third-order valence-corrected chi connectivity index (χ3v) is 3.18. The van der Waals surface area contributed by atoms with Gasteiger partial charge in [-0.15, -0.1) is 0 Å². The van der Waals surface area contributed by atoms with Crippen LogP contribution in [0.2, 0.25) is 0 Å². The lowest BCUT2D eigenvalue weighted by molar-refractivity contribution is 0.0954. The first kappa shape index (κ1) is 16.5. The fourth-order valence-electron chi connectivity index (χ4n) is 1.92. The molecule has 1 amide bonds. The fourth-order valence-corrected chi connectivity index (χ4v) is 1.92. The minimum absolute atomic E-state index is 0.0426. The van der Waals surface area contributed by atoms with Gasteiger partial charge in [0.1, 0.15) is 11.5 Å². The van der Waals surface area contributed by atoms with Crippen molar-refractivity contribution in [1.29, 1.82) is 0 Å². The number of nitrogens with one attached hydrogen (secondary N) is 1. The molecule has 0 unspecified atom stereocenters. The molecule has 0 aliphatic rings. The van der Waals surface area contributed by atoms with Crippen molar-refractivity contribution >= 4 is 11.6 Å². The number of hydrogen-bond donors (Lipinski definition) is 2. The molecule has 5 heteroatoms. The van der Waals surface area contributed by atoms with Crippen LogP contribution in [-0.4, -0.2) is 23.3 Å². The Hall–Kier alpha value is -2.82. The Bertz CT molecular complexity index is 694. The number of phenolic OH excluding ortho intramolecular Hbond substituents is 1. The summed E-state index contributed by atoms with van der Waals surface area (Å²) >= 11 is 0. The lowest BCUT2D eigenvalue weighted by Crippen LogP contribution is -2.19. The second-order valence-corrected chi connectivity index (χ2v) is 5.06. The van der Waals surface area contributed by atoms with Crippen molar-refractivity contribution in [2.24, 2.45) is 5.10 Å². The molecule has 2 aromatic rings. The second-order valence-electron chi connectivity index (χ2n) is 5.06. The van der Waals surface area contributed by atoms with Gasteiger partial charge in [0.15, 0.2) is 0 Å². The molecule has 23 heavy (non-hydrogen) atoms. The average molecular weight is 312 g/mol. The Kier molecular flexibility index (Phi) is 5.74. The molecule has 2 rings (SSSR count). The minimum atomic E-state index is -0.372. The van der Waals surface area contributed by atoms with Crippen molar-refractivity contribution in [1.82, 2.24) is 5.43 Å². The highest BCUT2D eigenvalue weighted by Crippen LogP contribution is 2.13. The van der Waals surface area contributed by atoms with Gasteiger partial charge in [0.05, 0.1) is 12.3 Å². The van der Waals surface area contributed by atoms with E-state index >= 15 is 0 Å². The quantitative estimate of drug-likeness (QED) is 0.635. The van der Waals surface area contributed by atoms with E-state index in [2.05, 4.69) is 17.5 Å². The lowest BCUT2D eigenvalue weighted by Gasteiger charge is -2.06. The van der Waals surface area contributed by atoms with Crippen LogP contribution in [0.5, 0.6) is 11.5 Å². The highest BCUT2D eigenvalue weighted by Gasteiger charge is 2.05. The number of nitrogens with zero attached hydrogens (tertiary/aromatic N) is 1. The standard InChI is InChI=1S/C18H20N2O3/c1-3-11-23-17-9-7-14(8-10-17)13(2)19-20-18(22)15-5-4-6-16(21)12-15/h4-10,12,21H,3,11H2,1-2H3,(H,20,22)/b19-13-. The molecule has 0 atom stereocenters. The Labute approximate surface area is 135 Å². The first-order chi connectivity index (χ1) is 11.1. The molecule has 2 N–H and O–H groups in total. The van der Waals surface area contributed by atoms with Gasteiger partial charge in [0.2, 0.25) is 0 Å². The maximum Gasteiger partial charge on any atom is 0.271 e. The van der Waals surface area contributed by atoms with E-state index in [1.807, 2.05) is 31.2 Å². The van der Waals surface area contributed by atoms with Crippen molar-refractivity contribution in [2.75, 3.05) is 6.61 Å². The van der Waals surface area contributed by atoms with E-state index in [0.717, 1.165) is 17.7 Å². The van der Waals surface area contributed by atoms with Crippen molar-refractivity contribution in [3.05, 3.63) is 59.7 Å². The summed E-state index contributed by atoms with van der Waals surface area (Å²) in [5, 5.41) is 13.5. The zero-order valence-corrected chi connectivity index (χ0v) is 13.2. The van der Waals surface area contributed by atoms with Crippen LogP contribution >= 0.6 is 0 Å². The summed E-state index contributed by atoms with van der Waals surface area (Å²) < 4.78 is 5.52. The van der Waals surface area contributed by atoms with Crippen LogP contribution in [0, 0.1) is 0 Å².